The van der Waals surface area contributed by atoms with Crippen LogP contribution in [0.3, 0.4) is 0 Å². The fourth-order valence-electron chi connectivity index (χ4n) is 3.05. The zero-order valence-electron chi connectivity index (χ0n) is 13.7. The van der Waals surface area contributed by atoms with Crippen LogP contribution in [0.2, 0.25) is 0 Å². The second-order valence-electron chi connectivity index (χ2n) is 5.70. The summed E-state index contributed by atoms with van der Waals surface area (Å²) in [5.74, 6) is 1.91. The monoisotopic (exact) mass is 332 g/mol. The number of hydrazine groups is 1. The number of nitrogens with one attached hydrogen (secondary N) is 3. The van der Waals surface area contributed by atoms with Gasteiger partial charge in [-0.3, -0.25) is 10.2 Å². The summed E-state index contributed by atoms with van der Waals surface area (Å²) < 4.78 is 0. The van der Waals surface area contributed by atoms with Crippen molar-refractivity contribution in [3.05, 3.63) is 35.0 Å². The predicted molar refractivity (Wildman–Crippen MR) is 97.6 cm³/mol. The molecule has 23 heavy (non-hydrogen) atoms. The molecule has 0 unspecified atom stereocenters. The zero-order valence-corrected chi connectivity index (χ0v) is 14.6. The number of carbonyl (C=O) groups is 1. The molecule has 3 rings (SSSR count). The molecule has 0 spiro atoms. The Bertz CT molecular complexity index is 625. The number of amides is 1. The highest BCUT2D eigenvalue weighted by molar-refractivity contribution is 7.99. The topological polar surface area (TPSA) is 56.4 Å². The van der Waals surface area contributed by atoms with Gasteiger partial charge >= 0.3 is 0 Å². The van der Waals surface area contributed by atoms with E-state index in [-0.39, 0.29) is 5.91 Å². The molecule has 0 aliphatic carbocycles. The van der Waals surface area contributed by atoms with E-state index >= 15 is 0 Å². The Balaban J connectivity index is 1.71. The maximum absolute atomic E-state index is 12.2. The van der Waals surface area contributed by atoms with Crippen molar-refractivity contribution in [1.82, 2.24) is 15.8 Å². The zero-order chi connectivity index (χ0) is 16.2. The molecule has 0 bridgehead atoms. The molecule has 2 aliphatic heterocycles. The molecule has 0 saturated carbocycles. The Morgan fingerprint density at radius 3 is 2.83 bits per heavy atom. The summed E-state index contributed by atoms with van der Waals surface area (Å²) in [6.45, 7) is 8.47. The van der Waals surface area contributed by atoms with Crippen molar-refractivity contribution >= 4 is 28.9 Å². The lowest BCUT2D eigenvalue weighted by Gasteiger charge is -2.18. The van der Waals surface area contributed by atoms with E-state index in [0.29, 0.717) is 0 Å². The van der Waals surface area contributed by atoms with Crippen LogP contribution in [0.5, 0.6) is 0 Å². The first kappa shape index (κ1) is 16.2. The van der Waals surface area contributed by atoms with E-state index in [1.54, 1.807) is 0 Å². The number of nitrogens with zero attached hydrogens (tertiary/aromatic N) is 1. The Hall–Kier alpha value is -1.66. The molecule has 3 N–H and O–H groups in total. The van der Waals surface area contributed by atoms with Crippen molar-refractivity contribution in [1.29, 1.82) is 0 Å². The first-order valence-electron chi connectivity index (χ1n) is 8.20. The first-order valence-corrected chi connectivity index (χ1v) is 9.35. The van der Waals surface area contributed by atoms with Gasteiger partial charge in [-0.25, -0.2) is 0 Å². The van der Waals surface area contributed by atoms with E-state index in [4.69, 9.17) is 0 Å². The molecule has 1 aromatic rings. The van der Waals surface area contributed by atoms with Crippen molar-refractivity contribution in [3.63, 3.8) is 0 Å². The van der Waals surface area contributed by atoms with Gasteiger partial charge < -0.3 is 15.6 Å². The van der Waals surface area contributed by atoms with Crippen LogP contribution in [0.1, 0.15) is 29.8 Å². The van der Waals surface area contributed by atoms with Gasteiger partial charge in [0.25, 0.3) is 5.91 Å². The number of rotatable bonds is 7. The second-order valence-corrected chi connectivity index (χ2v) is 6.80. The quantitative estimate of drug-likeness (QED) is 0.668. The maximum Gasteiger partial charge on any atom is 0.270 e. The van der Waals surface area contributed by atoms with Gasteiger partial charge in [0.2, 0.25) is 0 Å². The molecular formula is C17H24N4OS. The molecule has 0 saturated heterocycles. The van der Waals surface area contributed by atoms with Crippen LogP contribution in [0, 0.1) is 0 Å². The van der Waals surface area contributed by atoms with Crippen LogP contribution in [-0.4, -0.2) is 48.5 Å². The summed E-state index contributed by atoms with van der Waals surface area (Å²) in [5.41, 5.74) is 11.1. The highest BCUT2D eigenvalue weighted by atomic mass is 32.2. The summed E-state index contributed by atoms with van der Waals surface area (Å²) in [7, 11) is 0. The fraction of sp³-hybridized carbons (Fsp3) is 0.471. The van der Waals surface area contributed by atoms with Crippen molar-refractivity contribution in [2.24, 2.45) is 0 Å². The smallest absolute Gasteiger partial charge is 0.270 e. The number of thioether (sulfide) groups is 1. The van der Waals surface area contributed by atoms with Crippen molar-refractivity contribution in [3.8, 4) is 0 Å². The minimum absolute atomic E-state index is 0.0637. The third-order valence-corrected chi connectivity index (χ3v) is 5.41. The van der Waals surface area contributed by atoms with E-state index < -0.39 is 0 Å². The van der Waals surface area contributed by atoms with E-state index in [9.17, 15) is 4.79 Å². The molecule has 0 fully saturated rings. The van der Waals surface area contributed by atoms with Crippen LogP contribution in [0.15, 0.2) is 23.9 Å². The van der Waals surface area contributed by atoms with Crippen LogP contribution >= 0.6 is 11.8 Å². The predicted octanol–water partition coefficient (Wildman–Crippen LogP) is 2.15. The summed E-state index contributed by atoms with van der Waals surface area (Å²) in [4.78, 5) is 14.7. The fourth-order valence-corrected chi connectivity index (χ4v) is 4.03. The number of hydrogen-bond donors (Lipinski definition) is 3. The number of carbonyl (C=O) groups excluding carboxylic acids is 1. The lowest BCUT2D eigenvalue weighted by atomic mass is 10.00. The van der Waals surface area contributed by atoms with Crippen molar-refractivity contribution in [2.45, 2.75) is 13.8 Å². The summed E-state index contributed by atoms with van der Waals surface area (Å²) in [5, 5.41) is 3.39. The average molecular weight is 332 g/mol. The van der Waals surface area contributed by atoms with E-state index in [2.05, 4.69) is 34.9 Å². The molecule has 124 valence electrons. The van der Waals surface area contributed by atoms with Gasteiger partial charge in [-0.2, -0.15) is 11.8 Å². The lowest BCUT2D eigenvalue weighted by molar-refractivity contribution is 0.0940. The van der Waals surface area contributed by atoms with Gasteiger partial charge in [-0.1, -0.05) is 19.9 Å². The molecular weight excluding hydrogens is 308 g/mol. The minimum atomic E-state index is -0.0637. The van der Waals surface area contributed by atoms with E-state index in [1.807, 2.05) is 30.0 Å². The normalized spacial score (nSPS) is 15.9. The molecule has 1 amide bonds. The molecule has 0 aromatic heterocycles. The second kappa shape index (κ2) is 7.27. The van der Waals surface area contributed by atoms with Crippen LogP contribution in [-0.2, 0) is 0 Å². The molecule has 1 aromatic carbocycles. The minimum Gasteiger partial charge on any atom is -0.380 e. The molecule has 2 aliphatic rings. The number of hydrogen-bond acceptors (Lipinski definition) is 5. The average Bonchev–Trinajstić information content (AvgIpc) is 2.95. The molecule has 6 heteroatoms. The first-order chi connectivity index (χ1) is 11.2. The number of anilines is 1. The third kappa shape index (κ3) is 3.33. The lowest BCUT2D eigenvalue weighted by Crippen LogP contribution is -2.36. The highest BCUT2D eigenvalue weighted by Crippen LogP contribution is 2.36. The van der Waals surface area contributed by atoms with Crippen LogP contribution in [0.4, 0.5) is 5.69 Å². The Morgan fingerprint density at radius 1 is 1.22 bits per heavy atom. The van der Waals surface area contributed by atoms with Gasteiger partial charge in [0.15, 0.2) is 0 Å². The van der Waals surface area contributed by atoms with Crippen LogP contribution in [0.25, 0.3) is 5.57 Å². The van der Waals surface area contributed by atoms with E-state index in [1.165, 1.54) is 5.57 Å². The van der Waals surface area contributed by atoms with Gasteiger partial charge in [0, 0.05) is 47.1 Å². The van der Waals surface area contributed by atoms with Gasteiger partial charge in [0.05, 0.1) is 5.56 Å². The molecule has 2 heterocycles. The van der Waals surface area contributed by atoms with Crippen molar-refractivity contribution in [2.75, 3.05) is 43.0 Å². The summed E-state index contributed by atoms with van der Waals surface area (Å²) in [6.07, 6.45) is 0. The maximum atomic E-state index is 12.2. The largest absolute Gasteiger partial charge is 0.380 e. The standard InChI is InChI=1S/C17H24N4OS/c1-3-21(4-2)8-9-23-11-15-13-10-18-14-7-5-6-12(16(13)14)17(22)20-19-15/h5-7,18-19H,3-4,8-11H2,1-2H3,(H,20,22). The molecule has 0 atom stereocenters. The number of benzene rings is 1. The SMILES string of the molecule is CCN(CC)CCSCC1=C2CNc3cccc(c32)C(=O)NN1. The van der Waals surface area contributed by atoms with E-state index in [0.717, 1.165) is 60.2 Å². The highest BCUT2D eigenvalue weighted by Gasteiger charge is 2.28. The third-order valence-electron chi connectivity index (χ3n) is 4.45. The Kier molecular flexibility index (Phi) is 5.13. The van der Waals surface area contributed by atoms with Gasteiger partial charge in [-0.05, 0) is 25.2 Å². The summed E-state index contributed by atoms with van der Waals surface area (Å²) >= 11 is 1.91. The molecule has 5 nitrogen and oxygen atoms in total. The Labute approximate surface area is 141 Å². The van der Waals surface area contributed by atoms with Gasteiger partial charge in [-0.15, -0.1) is 0 Å². The van der Waals surface area contributed by atoms with Gasteiger partial charge in [0.1, 0.15) is 0 Å². The molecule has 0 radical (unpaired) electrons. The summed E-state index contributed by atoms with van der Waals surface area (Å²) in [6, 6.07) is 5.85. The Morgan fingerprint density at radius 2 is 2.04 bits per heavy atom. The van der Waals surface area contributed by atoms with Crippen LogP contribution < -0.4 is 16.2 Å². The van der Waals surface area contributed by atoms with Crippen molar-refractivity contribution < 1.29 is 4.79 Å².